The molecule has 2 rings (SSSR count). The van der Waals surface area contributed by atoms with E-state index >= 15 is 0 Å². The number of benzene rings is 1. The van der Waals surface area contributed by atoms with E-state index < -0.39 is 0 Å². The Morgan fingerprint density at radius 2 is 1.93 bits per heavy atom. The van der Waals surface area contributed by atoms with E-state index in [1.54, 1.807) is 0 Å². The first-order valence-electron chi connectivity index (χ1n) is 4.83. The van der Waals surface area contributed by atoms with Gasteiger partial charge in [0, 0.05) is 11.1 Å². The van der Waals surface area contributed by atoms with Gasteiger partial charge in [0.1, 0.15) is 0 Å². The number of hydrogen-bond donors (Lipinski definition) is 0. The van der Waals surface area contributed by atoms with Crippen molar-refractivity contribution < 1.29 is 4.42 Å². The predicted molar refractivity (Wildman–Crippen MR) is 59.1 cm³/mol. The van der Waals surface area contributed by atoms with Gasteiger partial charge in [0.05, 0.1) is 0 Å². The summed E-state index contributed by atoms with van der Waals surface area (Å²) in [5.74, 6) is 1.14. The molecule has 0 bridgehead atoms. The van der Waals surface area contributed by atoms with Crippen molar-refractivity contribution in [2.45, 2.75) is 13.8 Å². The summed E-state index contributed by atoms with van der Waals surface area (Å²) in [7, 11) is 0. The molecule has 0 atom stereocenters. The topological polar surface area (TPSA) is 38.9 Å². The minimum Gasteiger partial charge on any atom is -0.417 e. The lowest BCUT2D eigenvalue weighted by Gasteiger charge is -1.92. The van der Waals surface area contributed by atoms with E-state index in [4.69, 9.17) is 4.42 Å². The van der Waals surface area contributed by atoms with Crippen LogP contribution in [0.25, 0.3) is 17.0 Å². The molecule has 15 heavy (non-hydrogen) atoms. The molecule has 0 amide bonds. The molecule has 2 aromatic rings. The van der Waals surface area contributed by atoms with Crippen LogP contribution in [0.15, 0.2) is 40.8 Å². The molecule has 0 aliphatic heterocycles. The van der Waals surface area contributed by atoms with Gasteiger partial charge in [0.2, 0.25) is 11.8 Å². The maximum absolute atomic E-state index is 5.53. The molecule has 0 fully saturated rings. The van der Waals surface area contributed by atoms with Crippen molar-refractivity contribution in [3.63, 3.8) is 0 Å². The smallest absolute Gasteiger partial charge is 0.248 e. The van der Waals surface area contributed by atoms with Crippen LogP contribution in [-0.4, -0.2) is 10.2 Å². The van der Waals surface area contributed by atoms with Crippen molar-refractivity contribution in [2.75, 3.05) is 0 Å². The molecule has 0 spiro atoms. The van der Waals surface area contributed by atoms with Crippen LogP contribution in [0.1, 0.15) is 19.7 Å². The molecular weight excluding hydrogens is 188 g/mol. The maximum Gasteiger partial charge on any atom is 0.248 e. The van der Waals surface area contributed by atoms with Crippen molar-refractivity contribution in [2.24, 2.45) is 0 Å². The third-order valence-electron chi connectivity index (χ3n) is 2.22. The first kappa shape index (κ1) is 9.65. The van der Waals surface area contributed by atoms with Gasteiger partial charge in [-0.15, -0.1) is 10.2 Å². The van der Waals surface area contributed by atoms with Crippen LogP contribution in [0.4, 0.5) is 0 Å². The Balaban J connectivity index is 2.36. The van der Waals surface area contributed by atoms with Crippen LogP contribution < -0.4 is 0 Å². The number of nitrogens with zero attached hydrogens (tertiary/aromatic N) is 2. The van der Waals surface area contributed by atoms with E-state index in [-0.39, 0.29) is 0 Å². The Morgan fingerprint density at radius 1 is 1.20 bits per heavy atom. The average molecular weight is 200 g/mol. The fourth-order valence-corrected chi connectivity index (χ4v) is 1.20. The first-order valence-corrected chi connectivity index (χ1v) is 4.83. The second-order valence-electron chi connectivity index (χ2n) is 3.25. The first-order chi connectivity index (χ1) is 7.31. The summed E-state index contributed by atoms with van der Waals surface area (Å²) in [6, 6.07) is 9.74. The second kappa shape index (κ2) is 4.09. The van der Waals surface area contributed by atoms with Crippen LogP contribution in [0.5, 0.6) is 0 Å². The van der Waals surface area contributed by atoms with E-state index in [2.05, 4.69) is 10.2 Å². The minimum absolute atomic E-state index is 0.562. The molecule has 3 nitrogen and oxygen atoms in total. The number of rotatable bonds is 2. The second-order valence-corrected chi connectivity index (χ2v) is 3.25. The van der Waals surface area contributed by atoms with Crippen molar-refractivity contribution in [1.29, 1.82) is 0 Å². The lowest BCUT2D eigenvalue weighted by molar-refractivity contribution is 0.553. The van der Waals surface area contributed by atoms with Crippen molar-refractivity contribution in [3.05, 3.63) is 42.3 Å². The molecular formula is C12H12N2O. The van der Waals surface area contributed by atoms with Gasteiger partial charge in [0.25, 0.3) is 0 Å². The molecule has 3 heteroatoms. The Labute approximate surface area is 88.5 Å². The standard InChI is InChI=1S/C12H12N2O/c1-3-9(2)11-13-14-12(15-11)10-7-5-4-6-8-10/h3-8H,1-2H3/b9-3+. The Hall–Kier alpha value is -1.90. The third kappa shape index (κ3) is 1.96. The largest absolute Gasteiger partial charge is 0.417 e. The molecule has 1 aromatic carbocycles. The molecule has 0 unspecified atom stereocenters. The van der Waals surface area contributed by atoms with E-state index in [1.165, 1.54) is 0 Å². The van der Waals surface area contributed by atoms with Crippen molar-refractivity contribution in [1.82, 2.24) is 10.2 Å². The van der Waals surface area contributed by atoms with Gasteiger partial charge < -0.3 is 4.42 Å². The van der Waals surface area contributed by atoms with Gasteiger partial charge in [-0.05, 0) is 26.0 Å². The van der Waals surface area contributed by atoms with Gasteiger partial charge in [-0.25, -0.2) is 0 Å². The van der Waals surface area contributed by atoms with Gasteiger partial charge >= 0.3 is 0 Å². The van der Waals surface area contributed by atoms with Gasteiger partial charge in [-0.2, -0.15) is 0 Å². The van der Waals surface area contributed by atoms with Crippen LogP contribution in [0.3, 0.4) is 0 Å². The fraction of sp³-hybridized carbons (Fsp3) is 0.167. The van der Waals surface area contributed by atoms with E-state index in [9.17, 15) is 0 Å². The zero-order valence-electron chi connectivity index (χ0n) is 8.77. The predicted octanol–water partition coefficient (Wildman–Crippen LogP) is 3.16. The maximum atomic E-state index is 5.53. The summed E-state index contributed by atoms with van der Waals surface area (Å²) in [5.41, 5.74) is 1.94. The molecule has 76 valence electrons. The molecule has 0 aliphatic rings. The summed E-state index contributed by atoms with van der Waals surface area (Å²) in [5, 5.41) is 7.98. The van der Waals surface area contributed by atoms with E-state index in [0.29, 0.717) is 11.8 Å². The lowest BCUT2D eigenvalue weighted by atomic mass is 10.2. The summed E-state index contributed by atoms with van der Waals surface area (Å²) in [6.45, 7) is 3.89. The van der Waals surface area contributed by atoms with Crippen molar-refractivity contribution in [3.8, 4) is 11.5 Å². The van der Waals surface area contributed by atoms with Gasteiger partial charge in [-0.3, -0.25) is 0 Å². The molecule has 1 aromatic heterocycles. The lowest BCUT2D eigenvalue weighted by Crippen LogP contribution is -1.77. The number of aromatic nitrogens is 2. The Morgan fingerprint density at radius 3 is 2.60 bits per heavy atom. The number of hydrogen-bond acceptors (Lipinski definition) is 3. The minimum atomic E-state index is 0.562. The summed E-state index contributed by atoms with van der Waals surface area (Å²) in [6.07, 6.45) is 1.95. The zero-order valence-corrected chi connectivity index (χ0v) is 8.77. The average Bonchev–Trinajstić information content (AvgIpc) is 2.78. The zero-order chi connectivity index (χ0) is 10.7. The number of allylic oxidation sites excluding steroid dienone is 2. The molecule has 0 radical (unpaired) electrons. The van der Waals surface area contributed by atoms with Crippen LogP contribution in [0.2, 0.25) is 0 Å². The quantitative estimate of drug-likeness (QED) is 0.747. The summed E-state index contributed by atoms with van der Waals surface area (Å²) in [4.78, 5) is 0. The Bertz CT molecular complexity index is 471. The van der Waals surface area contributed by atoms with E-state index in [1.807, 2.05) is 50.3 Å². The SMILES string of the molecule is C/C=C(\C)c1nnc(-c2ccccc2)o1. The Kier molecular flexibility index (Phi) is 2.63. The molecule has 0 saturated carbocycles. The molecule has 0 N–H and O–H groups in total. The normalized spacial score (nSPS) is 11.7. The highest BCUT2D eigenvalue weighted by molar-refractivity contribution is 5.58. The fourth-order valence-electron chi connectivity index (χ4n) is 1.20. The third-order valence-corrected chi connectivity index (χ3v) is 2.22. The highest BCUT2D eigenvalue weighted by Crippen LogP contribution is 2.20. The van der Waals surface area contributed by atoms with Gasteiger partial charge in [-0.1, -0.05) is 24.3 Å². The summed E-state index contributed by atoms with van der Waals surface area (Å²) >= 11 is 0. The molecule has 0 aliphatic carbocycles. The summed E-state index contributed by atoms with van der Waals surface area (Å²) < 4.78 is 5.53. The highest BCUT2D eigenvalue weighted by atomic mass is 16.4. The van der Waals surface area contributed by atoms with Gasteiger partial charge in [0.15, 0.2) is 0 Å². The van der Waals surface area contributed by atoms with Crippen LogP contribution >= 0.6 is 0 Å². The molecule has 1 heterocycles. The van der Waals surface area contributed by atoms with Crippen LogP contribution in [0, 0.1) is 0 Å². The van der Waals surface area contributed by atoms with E-state index in [0.717, 1.165) is 11.1 Å². The highest BCUT2D eigenvalue weighted by Gasteiger charge is 2.08. The monoisotopic (exact) mass is 200 g/mol. The van der Waals surface area contributed by atoms with Crippen molar-refractivity contribution >= 4 is 5.57 Å². The molecule has 0 saturated heterocycles. The van der Waals surface area contributed by atoms with Crippen LogP contribution in [-0.2, 0) is 0 Å².